The van der Waals surface area contributed by atoms with Gasteiger partial charge in [0.05, 0.1) is 14.4 Å². The average molecular weight is 229 g/mol. The van der Waals surface area contributed by atoms with Gasteiger partial charge in [0.25, 0.3) is 0 Å². The normalized spacial score (nSPS) is 38.9. The van der Waals surface area contributed by atoms with Gasteiger partial charge in [0.15, 0.2) is 6.29 Å². The summed E-state index contributed by atoms with van der Waals surface area (Å²) in [7, 11) is -5.14. The summed E-state index contributed by atoms with van der Waals surface area (Å²) >= 11 is 0. The zero-order valence-electron chi connectivity index (χ0n) is 6.85. The van der Waals surface area contributed by atoms with Crippen LogP contribution in [0.1, 0.15) is 0 Å². The first-order valence-corrected chi connectivity index (χ1v) is 5.13. The highest BCUT2D eigenvalue weighted by atomic mass is 31.2. The van der Waals surface area contributed by atoms with E-state index in [2.05, 4.69) is 9.26 Å². The molecule has 1 fully saturated rings. The van der Waals surface area contributed by atoms with Crippen molar-refractivity contribution < 1.29 is 38.9 Å². The van der Waals surface area contributed by atoms with Gasteiger partial charge in [-0.2, -0.15) is 0 Å². The number of aliphatic hydroxyl groups is 3. The molecule has 1 unspecified atom stereocenters. The fourth-order valence-electron chi connectivity index (χ4n) is 1.03. The first-order valence-electron chi connectivity index (χ1n) is 3.67. The van der Waals surface area contributed by atoms with Crippen molar-refractivity contribution in [1.29, 1.82) is 0 Å². The van der Waals surface area contributed by atoms with Gasteiger partial charge in [0.2, 0.25) is 0 Å². The molecule has 0 aromatic carbocycles. The van der Waals surface area contributed by atoms with E-state index in [9.17, 15) is 14.4 Å². The molecule has 1 heterocycles. The van der Waals surface area contributed by atoms with Crippen LogP contribution in [0, 0.1) is 0 Å². The Morgan fingerprint density at radius 3 is 2.21 bits per heavy atom. The standard InChI is InChI=1S/C5H11O8P/c6-3-2(1-12-14(9,10)11)13-5(8)4(3)7/h2-8H,1H2,(H2,9,10,11)/p-2/t2-,3-,4-,5?/m1/s1/i5+1. The number of hydrogen-bond acceptors (Lipinski definition) is 8. The van der Waals surface area contributed by atoms with Gasteiger partial charge in [-0.3, -0.25) is 0 Å². The van der Waals surface area contributed by atoms with E-state index in [1.807, 2.05) is 0 Å². The summed E-state index contributed by atoms with van der Waals surface area (Å²) in [5.41, 5.74) is 0. The van der Waals surface area contributed by atoms with Crippen LogP contribution in [-0.2, 0) is 13.8 Å². The van der Waals surface area contributed by atoms with Crippen LogP contribution in [0.3, 0.4) is 0 Å². The summed E-state index contributed by atoms with van der Waals surface area (Å²) < 4.78 is 18.4. The molecule has 0 aromatic heterocycles. The molecular formula is C5H9O8P-2. The van der Waals surface area contributed by atoms with E-state index < -0.39 is 39.0 Å². The van der Waals surface area contributed by atoms with Gasteiger partial charge >= 0.3 is 0 Å². The van der Waals surface area contributed by atoms with Gasteiger partial charge in [0.1, 0.15) is 18.3 Å². The molecule has 1 aliphatic rings. The highest BCUT2D eigenvalue weighted by Gasteiger charge is 2.41. The number of phosphoric ester groups is 1. The van der Waals surface area contributed by atoms with Gasteiger partial charge in [0, 0.05) is 0 Å². The van der Waals surface area contributed by atoms with Crippen LogP contribution >= 0.6 is 7.82 Å². The number of hydrogen-bond donors (Lipinski definition) is 3. The first-order chi connectivity index (χ1) is 6.31. The SMILES string of the molecule is O=P([O-])([O-])OC[C@H]1O[13CH](O)[C@H](O)[C@@H]1O. The van der Waals surface area contributed by atoms with Crippen molar-refractivity contribution in [3.8, 4) is 0 Å². The van der Waals surface area contributed by atoms with Crippen LogP contribution in [0.2, 0.25) is 0 Å². The fourth-order valence-corrected chi connectivity index (χ4v) is 1.36. The summed E-state index contributed by atoms with van der Waals surface area (Å²) in [5, 5.41) is 26.9. The Balaban J connectivity index is 2.44. The third-order valence-electron chi connectivity index (χ3n) is 1.73. The van der Waals surface area contributed by atoms with Crippen LogP contribution in [0.15, 0.2) is 0 Å². The molecule has 8 nitrogen and oxygen atoms in total. The second-order valence-electron chi connectivity index (χ2n) is 2.79. The minimum Gasteiger partial charge on any atom is -0.790 e. The van der Waals surface area contributed by atoms with E-state index in [1.165, 1.54) is 0 Å². The molecular weight excluding hydrogens is 220 g/mol. The molecule has 0 spiro atoms. The second-order valence-corrected chi connectivity index (χ2v) is 3.94. The monoisotopic (exact) mass is 229 g/mol. The lowest BCUT2D eigenvalue weighted by molar-refractivity contribution is -0.343. The van der Waals surface area contributed by atoms with Crippen molar-refractivity contribution in [3.63, 3.8) is 0 Å². The number of aliphatic hydroxyl groups excluding tert-OH is 3. The van der Waals surface area contributed by atoms with E-state index in [1.54, 1.807) is 0 Å². The summed E-state index contributed by atoms with van der Waals surface area (Å²) in [4.78, 5) is 20.1. The van der Waals surface area contributed by atoms with Crippen molar-refractivity contribution in [2.45, 2.75) is 24.6 Å². The van der Waals surface area contributed by atoms with Crippen LogP contribution in [-0.4, -0.2) is 46.5 Å². The smallest absolute Gasteiger partial charge is 0.184 e. The van der Waals surface area contributed by atoms with Gasteiger partial charge in [-0.05, 0) is 0 Å². The van der Waals surface area contributed by atoms with E-state index in [0.29, 0.717) is 0 Å². The molecule has 0 saturated carbocycles. The molecule has 0 aromatic rings. The van der Waals surface area contributed by atoms with E-state index in [4.69, 9.17) is 15.3 Å². The Bertz CT molecular complexity index is 238. The molecule has 0 radical (unpaired) electrons. The largest absolute Gasteiger partial charge is 0.790 e. The molecule has 0 amide bonds. The Morgan fingerprint density at radius 1 is 1.29 bits per heavy atom. The molecule has 14 heavy (non-hydrogen) atoms. The van der Waals surface area contributed by atoms with Gasteiger partial charge < -0.3 is 38.9 Å². The molecule has 0 bridgehead atoms. The maximum atomic E-state index is 10.0. The molecule has 3 N–H and O–H groups in total. The summed E-state index contributed by atoms with van der Waals surface area (Å²) in [5.74, 6) is 0. The highest BCUT2D eigenvalue weighted by molar-refractivity contribution is 7.43. The lowest BCUT2D eigenvalue weighted by atomic mass is 10.2. The lowest BCUT2D eigenvalue weighted by Crippen LogP contribution is -2.35. The van der Waals surface area contributed by atoms with Crippen molar-refractivity contribution in [1.82, 2.24) is 0 Å². The summed E-state index contributed by atoms with van der Waals surface area (Å²) in [6.07, 6.45) is -5.88. The van der Waals surface area contributed by atoms with Gasteiger partial charge in [-0.1, -0.05) is 0 Å². The van der Waals surface area contributed by atoms with E-state index >= 15 is 0 Å². The maximum Gasteiger partial charge on any atom is 0.184 e. The van der Waals surface area contributed by atoms with E-state index in [-0.39, 0.29) is 0 Å². The van der Waals surface area contributed by atoms with Crippen molar-refractivity contribution in [2.75, 3.05) is 6.61 Å². The lowest BCUT2D eigenvalue weighted by Gasteiger charge is -2.30. The molecule has 1 rings (SSSR count). The summed E-state index contributed by atoms with van der Waals surface area (Å²) in [6, 6.07) is 0. The van der Waals surface area contributed by atoms with Crippen LogP contribution in [0.4, 0.5) is 0 Å². The molecule has 0 aliphatic carbocycles. The van der Waals surface area contributed by atoms with Crippen LogP contribution in [0.5, 0.6) is 0 Å². The van der Waals surface area contributed by atoms with Crippen LogP contribution in [0.25, 0.3) is 0 Å². The molecule has 1 aliphatic heterocycles. The maximum absolute atomic E-state index is 10.0. The topological polar surface area (TPSA) is 142 Å². The second kappa shape index (κ2) is 4.21. The highest BCUT2D eigenvalue weighted by Crippen LogP contribution is 2.28. The minimum absolute atomic E-state index is 0.737. The minimum atomic E-state index is -5.14. The molecule has 4 atom stereocenters. The van der Waals surface area contributed by atoms with Gasteiger partial charge in [-0.15, -0.1) is 0 Å². The predicted molar refractivity (Wildman–Crippen MR) is 36.5 cm³/mol. The molecule has 84 valence electrons. The van der Waals surface area contributed by atoms with Crippen molar-refractivity contribution in [2.24, 2.45) is 0 Å². The van der Waals surface area contributed by atoms with E-state index in [0.717, 1.165) is 0 Å². The number of phosphoric acid groups is 1. The van der Waals surface area contributed by atoms with Crippen molar-refractivity contribution in [3.05, 3.63) is 0 Å². The first kappa shape index (κ1) is 12.0. The molecule has 9 heteroatoms. The van der Waals surface area contributed by atoms with Gasteiger partial charge in [-0.25, -0.2) is 0 Å². The Morgan fingerprint density at radius 2 is 1.86 bits per heavy atom. The number of ether oxygens (including phenoxy) is 1. The Hall–Kier alpha value is -0.0500. The average Bonchev–Trinajstić information content (AvgIpc) is 2.28. The zero-order chi connectivity index (χ0) is 10.9. The quantitative estimate of drug-likeness (QED) is 0.331. The Kier molecular flexibility index (Phi) is 3.62. The van der Waals surface area contributed by atoms with Crippen LogP contribution < -0.4 is 9.79 Å². The Labute approximate surface area is 78.9 Å². The molecule has 1 saturated heterocycles. The fraction of sp³-hybridized carbons (Fsp3) is 1.00. The summed E-state index contributed by atoms with van der Waals surface area (Å²) in [6.45, 7) is -0.737. The third kappa shape index (κ3) is 2.97. The number of rotatable bonds is 3. The zero-order valence-corrected chi connectivity index (χ0v) is 7.74. The third-order valence-corrected chi connectivity index (χ3v) is 2.20. The predicted octanol–water partition coefficient (Wildman–Crippen LogP) is -3.73. The van der Waals surface area contributed by atoms with Crippen molar-refractivity contribution >= 4 is 7.82 Å².